The Labute approximate surface area is 153 Å². The van der Waals surface area contributed by atoms with Crippen LogP contribution in [0.5, 0.6) is 0 Å². The van der Waals surface area contributed by atoms with E-state index in [2.05, 4.69) is 33.4 Å². The van der Waals surface area contributed by atoms with Crippen LogP contribution in [0.1, 0.15) is 56.8 Å². The number of tetrazole rings is 1. The number of nitrogens with zero attached hydrogens (tertiary/aromatic N) is 6. The summed E-state index contributed by atoms with van der Waals surface area (Å²) in [6.07, 6.45) is 7.56. The summed E-state index contributed by atoms with van der Waals surface area (Å²) >= 11 is 6.03. The quantitative estimate of drug-likeness (QED) is 0.786. The number of benzene rings is 1. The van der Waals surface area contributed by atoms with Crippen molar-refractivity contribution in [2.75, 3.05) is 6.54 Å². The normalized spacial score (nSPS) is 15.4. The van der Waals surface area contributed by atoms with Crippen LogP contribution in [-0.2, 0) is 6.54 Å². The summed E-state index contributed by atoms with van der Waals surface area (Å²) in [6, 6.07) is 8.00. The van der Waals surface area contributed by atoms with E-state index in [9.17, 15) is 5.26 Å². The summed E-state index contributed by atoms with van der Waals surface area (Å²) in [6.45, 7) is 3.97. The second kappa shape index (κ2) is 8.41. The van der Waals surface area contributed by atoms with Gasteiger partial charge in [-0.1, -0.05) is 37.8 Å². The maximum atomic E-state index is 9.19. The molecule has 0 aliphatic heterocycles. The molecular formula is C18H23ClN6. The monoisotopic (exact) mass is 358 g/mol. The molecule has 1 heterocycles. The molecule has 1 aliphatic rings. The molecule has 0 N–H and O–H groups in total. The number of halogens is 1. The minimum absolute atomic E-state index is 0.429. The number of nitriles is 1. The zero-order valence-corrected chi connectivity index (χ0v) is 15.3. The third kappa shape index (κ3) is 4.17. The van der Waals surface area contributed by atoms with Crippen LogP contribution in [0, 0.1) is 11.3 Å². The smallest absolute Gasteiger partial charge is 0.170 e. The van der Waals surface area contributed by atoms with Crippen molar-refractivity contribution < 1.29 is 0 Å². The zero-order valence-electron chi connectivity index (χ0n) is 14.5. The van der Waals surface area contributed by atoms with Gasteiger partial charge in [-0.05, 0) is 54.4 Å². The Kier molecular flexibility index (Phi) is 6.00. The van der Waals surface area contributed by atoms with Gasteiger partial charge in [0.15, 0.2) is 5.82 Å². The molecule has 0 bridgehead atoms. The van der Waals surface area contributed by atoms with Gasteiger partial charge in [-0.25, -0.2) is 0 Å². The lowest BCUT2D eigenvalue weighted by Gasteiger charge is -2.33. The van der Waals surface area contributed by atoms with Gasteiger partial charge >= 0.3 is 0 Å². The van der Waals surface area contributed by atoms with Gasteiger partial charge in [0, 0.05) is 6.04 Å². The second-order valence-electron chi connectivity index (χ2n) is 6.55. The number of hydrogen-bond donors (Lipinski definition) is 0. The predicted octanol–water partition coefficient (Wildman–Crippen LogP) is 3.73. The molecule has 0 unspecified atom stereocenters. The van der Waals surface area contributed by atoms with Crippen molar-refractivity contribution in [3.8, 4) is 11.8 Å². The highest BCUT2D eigenvalue weighted by atomic mass is 35.5. The van der Waals surface area contributed by atoms with E-state index in [1.54, 1.807) is 16.8 Å². The minimum atomic E-state index is 0.429. The molecule has 6 nitrogen and oxygen atoms in total. The fourth-order valence-electron chi connectivity index (χ4n) is 3.54. The molecule has 1 saturated carbocycles. The average Bonchev–Trinajstić information content (AvgIpc) is 3.11. The molecule has 2 aromatic rings. The molecular weight excluding hydrogens is 336 g/mol. The van der Waals surface area contributed by atoms with Crippen LogP contribution in [0.2, 0.25) is 5.02 Å². The van der Waals surface area contributed by atoms with E-state index in [0.29, 0.717) is 16.6 Å². The van der Waals surface area contributed by atoms with Crippen LogP contribution in [0.15, 0.2) is 18.2 Å². The largest absolute Gasteiger partial charge is 0.293 e. The first-order valence-electron chi connectivity index (χ1n) is 8.94. The molecule has 132 valence electrons. The maximum absolute atomic E-state index is 9.19. The summed E-state index contributed by atoms with van der Waals surface area (Å²) < 4.78 is 1.71. The summed E-state index contributed by atoms with van der Waals surface area (Å²) in [5.74, 6) is 0.797. The first-order valence-corrected chi connectivity index (χ1v) is 9.32. The lowest BCUT2D eigenvalue weighted by atomic mass is 9.94. The molecule has 1 fully saturated rings. The van der Waals surface area contributed by atoms with E-state index in [4.69, 9.17) is 11.6 Å². The lowest BCUT2D eigenvalue weighted by molar-refractivity contribution is 0.143. The third-order valence-corrected chi connectivity index (χ3v) is 5.13. The van der Waals surface area contributed by atoms with Gasteiger partial charge in [0.25, 0.3) is 0 Å². The molecule has 1 aliphatic carbocycles. The van der Waals surface area contributed by atoms with Gasteiger partial charge in [-0.3, -0.25) is 4.90 Å². The highest BCUT2D eigenvalue weighted by molar-refractivity contribution is 6.31. The van der Waals surface area contributed by atoms with E-state index < -0.39 is 0 Å². The van der Waals surface area contributed by atoms with Gasteiger partial charge in [0.05, 0.1) is 22.8 Å². The molecule has 0 spiro atoms. The molecule has 25 heavy (non-hydrogen) atoms. The number of rotatable bonds is 6. The Hall–Kier alpha value is -1.97. The highest BCUT2D eigenvalue weighted by Gasteiger charge is 2.23. The molecule has 3 rings (SSSR count). The van der Waals surface area contributed by atoms with Gasteiger partial charge < -0.3 is 0 Å². The van der Waals surface area contributed by atoms with E-state index >= 15 is 0 Å². The van der Waals surface area contributed by atoms with Crippen molar-refractivity contribution >= 4 is 11.6 Å². The summed E-state index contributed by atoms with van der Waals surface area (Å²) in [4.78, 5) is 2.50. The lowest BCUT2D eigenvalue weighted by Crippen LogP contribution is -2.37. The molecule has 1 aromatic heterocycles. The summed E-state index contributed by atoms with van der Waals surface area (Å²) in [5.41, 5.74) is 1.19. The number of hydrogen-bond acceptors (Lipinski definition) is 5. The Morgan fingerprint density at radius 1 is 1.32 bits per heavy atom. The standard InChI is InChI=1S/C18H23ClN6/c1-2-10-24(15-6-4-3-5-7-15)13-18-21-22-23-25(18)16-8-9-17(19)14(11-16)12-20/h8-9,11,15H,2-7,10,13H2,1H3. The average molecular weight is 359 g/mol. The fraction of sp³-hybridized carbons (Fsp3) is 0.556. The first kappa shape index (κ1) is 17.8. The second-order valence-corrected chi connectivity index (χ2v) is 6.95. The van der Waals surface area contributed by atoms with Crippen molar-refractivity contribution in [3.05, 3.63) is 34.6 Å². The number of aromatic nitrogens is 4. The van der Waals surface area contributed by atoms with Gasteiger partial charge in [0.2, 0.25) is 0 Å². The minimum Gasteiger partial charge on any atom is -0.293 e. The van der Waals surface area contributed by atoms with Crippen molar-refractivity contribution in [2.45, 2.75) is 58.0 Å². The topological polar surface area (TPSA) is 70.6 Å². The van der Waals surface area contributed by atoms with Crippen molar-refractivity contribution in [2.24, 2.45) is 0 Å². The van der Waals surface area contributed by atoms with Gasteiger partial charge in [-0.2, -0.15) is 9.94 Å². The van der Waals surface area contributed by atoms with Crippen LogP contribution >= 0.6 is 11.6 Å². The maximum Gasteiger partial charge on any atom is 0.170 e. The van der Waals surface area contributed by atoms with Crippen molar-refractivity contribution in [3.63, 3.8) is 0 Å². The molecule has 7 heteroatoms. The van der Waals surface area contributed by atoms with E-state index in [1.165, 1.54) is 32.1 Å². The Bertz CT molecular complexity index is 744. The Morgan fingerprint density at radius 3 is 2.84 bits per heavy atom. The first-order chi connectivity index (χ1) is 12.2. The predicted molar refractivity (Wildman–Crippen MR) is 96.5 cm³/mol. The van der Waals surface area contributed by atoms with Crippen LogP contribution in [-0.4, -0.2) is 37.7 Å². The van der Waals surface area contributed by atoms with Crippen LogP contribution in [0.25, 0.3) is 5.69 Å². The van der Waals surface area contributed by atoms with Crippen LogP contribution in [0.4, 0.5) is 0 Å². The summed E-state index contributed by atoms with van der Waals surface area (Å²) in [7, 11) is 0. The van der Waals surface area contributed by atoms with Crippen molar-refractivity contribution in [1.29, 1.82) is 5.26 Å². The molecule has 0 saturated heterocycles. The van der Waals surface area contributed by atoms with Crippen LogP contribution < -0.4 is 0 Å². The van der Waals surface area contributed by atoms with E-state index in [0.717, 1.165) is 31.0 Å². The van der Waals surface area contributed by atoms with Gasteiger partial charge in [-0.15, -0.1) is 5.10 Å². The summed E-state index contributed by atoms with van der Waals surface area (Å²) in [5, 5.41) is 21.8. The Balaban J connectivity index is 1.84. The Morgan fingerprint density at radius 2 is 2.12 bits per heavy atom. The van der Waals surface area contributed by atoms with Gasteiger partial charge in [0.1, 0.15) is 6.07 Å². The van der Waals surface area contributed by atoms with E-state index in [1.807, 2.05) is 6.07 Å². The molecule has 0 amide bonds. The molecule has 0 radical (unpaired) electrons. The third-order valence-electron chi connectivity index (χ3n) is 4.80. The molecule has 0 atom stereocenters. The van der Waals surface area contributed by atoms with Crippen molar-refractivity contribution in [1.82, 2.24) is 25.1 Å². The fourth-order valence-corrected chi connectivity index (χ4v) is 3.70. The zero-order chi connectivity index (χ0) is 17.6. The SMILES string of the molecule is CCCN(Cc1nnnn1-c1ccc(Cl)c(C#N)c1)C1CCCCC1. The van der Waals surface area contributed by atoms with Crippen LogP contribution in [0.3, 0.4) is 0 Å². The molecule has 1 aromatic carbocycles. The highest BCUT2D eigenvalue weighted by Crippen LogP contribution is 2.25. The van der Waals surface area contributed by atoms with E-state index in [-0.39, 0.29) is 0 Å².